The van der Waals surface area contributed by atoms with E-state index < -0.39 is 10.0 Å². The molecule has 1 saturated heterocycles. The zero-order valence-electron chi connectivity index (χ0n) is 14.9. The average Bonchev–Trinajstić information content (AvgIpc) is 2.67. The van der Waals surface area contributed by atoms with E-state index in [2.05, 4.69) is 4.90 Å². The largest absolute Gasteiger partial charge is 0.300 e. The predicted molar refractivity (Wildman–Crippen MR) is 107 cm³/mol. The number of hydrogen-bond acceptors (Lipinski definition) is 3. The summed E-state index contributed by atoms with van der Waals surface area (Å²) in [6, 6.07) is 17.7. The molecule has 6 heteroatoms. The Morgan fingerprint density at radius 1 is 0.808 bits per heavy atom. The van der Waals surface area contributed by atoms with E-state index in [-0.39, 0.29) is 5.75 Å². The highest BCUT2D eigenvalue weighted by atomic mass is 35.5. The van der Waals surface area contributed by atoms with E-state index in [1.807, 2.05) is 54.6 Å². The molecule has 140 valence electrons. The van der Waals surface area contributed by atoms with Crippen LogP contribution in [0, 0.1) is 0 Å². The topological polar surface area (TPSA) is 40.6 Å². The van der Waals surface area contributed by atoms with Gasteiger partial charge in [0.2, 0.25) is 10.0 Å². The van der Waals surface area contributed by atoms with E-state index in [0.717, 1.165) is 36.6 Å². The predicted octanol–water partition coefficient (Wildman–Crippen LogP) is 3.07. The molecular formula is C20H25ClN2O2S. The molecule has 0 bridgehead atoms. The fourth-order valence-corrected chi connectivity index (χ4v) is 4.79. The lowest BCUT2D eigenvalue weighted by molar-refractivity contribution is 0.190. The quantitative estimate of drug-likeness (QED) is 0.727. The molecule has 4 nitrogen and oxygen atoms in total. The molecule has 0 spiro atoms. The first-order chi connectivity index (χ1) is 12.5. The van der Waals surface area contributed by atoms with Gasteiger partial charge in [0.05, 0.1) is 5.75 Å². The van der Waals surface area contributed by atoms with Gasteiger partial charge < -0.3 is 4.90 Å². The molecule has 0 amide bonds. The van der Waals surface area contributed by atoms with Crippen LogP contribution in [0.15, 0.2) is 54.6 Å². The molecule has 2 aromatic rings. The first kappa shape index (κ1) is 19.4. The summed E-state index contributed by atoms with van der Waals surface area (Å²) < 4.78 is 26.8. The molecule has 26 heavy (non-hydrogen) atoms. The van der Waals surface area contributed by atoms with Gasteiger partial charge in [0.15, 0.2) is 0 Å². The van der Waals surface area contributed by atoms with Gasteiger partial charge in [0.1, 0.15) is 0 Å². The lowest BCUT2D eigenvalue weighted by Crippen LogP contribution is -2.49. The van der Waals surface area contributed by atoms with Crippen molar-refractivity contribution >= 4 is 21.6 Å². The van der Waals surface area contributed by atoms with Crippen LogP contribution in [0.4, 0.5) is 0 Å². The maximum atomic E-state index is 12.6. The molecule has 3 rings (SSSR count). The third-order valence-corrected chi connectivity index (χ3v) is 6.97. The van der Waals surface area contributed by atoms with Crippen molar-refractivity contribution in [3.8, 4) is 0 Å². The average molecular weight is 393 g/mol. The van der Waals surface area contributed by atoms with E-state index in [1.165, 1.54) is 5.56 Å². The maximum Gasteiger partial charge on any atom is 0.214 e. The number of piperazine rings is 1. The highest BCUT2D eigenvalue weighted by Gasteiger charge is 2.26. The third-order valence-electron chi connectivity index (χ3n) is 4.85. The number of rotatable bonds is 7. The van der Waals surface area contributed by atoms with Crippen molar-refractivity contribution in [2.24, 2.45) is 0 Å². The minimum Gasteiger partial charge on any atom is -0.300 e. The molecular weight excluding hydrogens is 368 g/mol. The molecule has 1 aliphatic heterocycles. The van der Waals surface area contributed by atoms with Gasteiger partial charge in [-0.05, 0) is 36.1 Å². The first-order valence-corrected chi connectivity index (χ1v) is 11.0. The van der Waals surface area contributed by atoms with Gasteiger partial charge in [-0.2, -0.15) is 4.31 Å². The molecule has 0 saturated carbocycles. The van der Waals surface area contributed by atoms with Gasteiger partial charge in [0.25, 0.3) is 0 Å². The number of nitrogens with zero attached hydrogens (tertiary/aromatic N) is 2. The first-order valence-electron chi connectivity index (χ1n) is 9.01. The van der Waals surface area contributed by atoms with E-state index in [4.69, 9.17) is 11.6 Å². The highest BCUT2D eigenvalue weighted by molar-refractivity contribution is 7.89. The van der Waals surface area contributed by atoms with Crippen LogP contribution in [-0.2, 0) is 22.9 Å². The fraction of sp³-hybridized carbons (Fsp3) is 0.400. The number of halogens is 1. The van der Waals surface area contributed by atoms with Crippen molar-refractivity contribution in [2.75, 3.05) is 38.5 Å². The van der Waals surface area contributed by atoms with Gasteiger partial charge in [-0.1, -0.05) is 54.1 Å². The summed E-state index contributed by atoms with van der Waals surface area (Å²) >= 11 is 5.91. The zero-order valence-corrected chi connectivity index (χ0v) is 16.4. The van der Waals surface area contributed by atoms with E-state index in [9.17, 15) is 8.42 Å². The second kappa shape index (κ2) is 9.00. The van der Waals surface area contributed by atoms with Crippen molar-refractivity contribution in [2.45, 2.75) is 12.8 Å². The maximum absolute atomic E-state index is 12.6. The number of aryl methyl sites for hydroxylation is 1. The summed E-state index contributed by atoms with van der Waals surface area (Å²) in [4.78, 5) is 2.33. The molecule has 0 atom stereocenters. The Bertz CT molecular complexity index is 786. The number of benzene rings is 2. The van der Waals surface area contributed by atoms with Crippen LogP contribution in [0.2, 0.25) is 5.02 Å². The van der Waals surface area contributed by atoms with Crippen LogP contribution in [-0.4, -0.2) is 56.1 Å². The molecule has 0 aliphatic carbocycles. The molecule has 0 radical (unpaired) electrons. The number of sulfonamides is 1. The molecule has 2 aromatic carbocycles. The van der Waals surface area contributed by atoms with Crippen molar-refractivity contribution in [1.29, 1.82) is 0 Å². The van der Waals surface area contributed by atoms with Crippen LogP contribution in [0.5, 0.6) is 0 Å². The Kier molecular flexibility index (Phi) is 6.70. The summed E-state index contributed by atoms with van der Waals surface area (Å²) in [5, 5.41) is 0.753. The molecule has 1 aliphatic rings. The van der Waals surface area contributed by atoms with Crippen LogP contribution in [0.25, 0.3) is 0 Å². The van der Waals surface area contributed by atoms with Crippen LogP contribution >= 0.6 is 11.6 Å². The van der Waals surface area contributed by atoms with Crippen LogP contribution in [0.3, 0.4) is 0 Å². The molecule has 1 heterocycles. The molecule has 0 N–H and O–H groups in total. The zero-order chi connectivity index (χ0) is 18.4. The fourth-order valence-electron chi connectivity index (χ4n) is 3.19. The second-order valence-corrected chi connectivity index (χ2v) is 9.19. The lowest BCUT2D eigenvalue weighted by Gasteiger charge is -2.34. The smallest absolute Gasteiger partial charge is 0.214 e. The van der Waals surface area contributed by atoms with Gasteiger partial charge in [-0.3, -0.25) is 0 Å². The van der Waals surface area contributed by atoms with Crippen molar-refractivity contribution in [3.63, 3.8) is 0 Å². The SMILES string of the molecule is O=S(=O)(CCc1ccccc1)N1CCN(CCc2ccc(Cl)cc2)CC1. The van der Waals surface area contributed by atoms with Crippen LogP contribution in [0.1, 0.15) is 11.1 Å². The van der Waals surface area contributed by atoms with E-state index in [1.54, 1.807) is 4.31 Å². The van der Waals surface area contributed by atoms with Crippen LogP contribution < -0.4 is 0 Å². The second-order valence-electron chi connectivity index (χ2n) is 6.67. The summed E-state index contributed by atoms with van der Waals surface area (Å²) in [5.74, 6) is 0.182. The summed E-state index contributed by atoms with van der Waals surface area (Å²) in [7, 11) is -3.18. The molecule has 1 fully saturated rings. The number of hydrogen-bond donors (Lipinski definition) is 0. The summed E-state index contributed by atoms with van der Waals surface area (Å²) in [6.07, 6.45) is 1.53. The summed E-state index contributed by atoms with van der Waals surface area (Å²) in [6.45, 7) is 3.69. The van der Waals surface area contributed by atoms with Gasteiger partial charge >= 0.3 is 0 Å². The summed E-state index contributed by atoms with van der Waals surface area (Å²) in [5.41, 5.74) is 2.32. The minimum atomic E-state index is -3.18. The normalized spacial score (nSPS) is 16.7. The van der Waals surface area contributed by atoms with E-state index >= 15 is 0 Å². The Balaban J connectivity index is 1.44. The van der Waals surface area contributed by atoms with Crippen molar-refractivity contribution in [3.05, 3.63) is 70.7 Å². The lowest BCUT2D eigenvalue weighted by atomic mass is 10.1. The monoisotopic (exact) mass is 392 g/mol. The Morgan fingerprint density at radius 3 is 2.08 bits per heavy atom. The van der Waals surface area contributed by atoms with Gasteiger partial charge in [-0.15, -0.1) is 0 Å². The van der Waals surface area contributed by atoms with Gasteiger partial charge in [-0.25, -0.2) is 8.42 Å². The van der Waals surface area contributed by atoms with Gasteiger partial charge in [0, 0.05) is 37.7 Å². The third kappa shape index (κ3) is 5.55. The van der Waals surface area contributed by atoms with Crippen molar-refractivity contribution in [1.82, 2.24) is 9.21 Å². The Hall–Kier alpha value is -1.40. The molecule has 0 aromatic heterocycles. The minimum absolute atomic E-state index is 0.182. The standard InChI is InChI=1S/C20H25ClN2O2S/c21-20-8-6-19(7-9-20)10-12-22-13-15-23(16-14-22)26(24,25)17-11-18-4-2-1-3-5-18/h1-9H,10-17H2. The van der Waals surface area contributed by atoms with E-state index in [0.29, 0.717) is 19.5 Å². The Morgan fingerprint density at radius 2 is 1.42 bits per heavy atom. The molecule has 0 unspecified atom stereocenters. The van der Waals surface area contributed by atoms with Crippen molar-refractivity contribution < 1.29 is 8.42 Å². The highest BCUT2D eigenvalue weighted by Crippen LogP contribution is 2.13. The Labute approximate surface area is 161 Å².